The topological polar surface area (TPSA) is 53.1 Å². The van der Waals surface area contributed by atoms with Crippen LogP contribution in [0.5, 0.6) is 0 Å². The molecule has 1 aromatic carbocycles. The molecule has 20 heavy (non-hydrogen) atoms. The van der Waals surface area contributed by atoms with Crippen molar-refractivity contribution in [2.75, 3.05) is 37.4 Å². The van der Waals surface area contributed by atoms with E-state index in [1.807, 2.05) is 44.4 Å². The van der Waals surface area contributed by atoms with Gasteiger partial charge >= 0.3 is 0 Å². The van der Waals surface area contributed by atoms with Crippen molar-refractivity contribution < 1.29 is 0 Å². The molecule has 0 amide bonds. The minimum atomic E-state index is 0.786. The van der Waals surface area contributed by atoms with E-state index in [2.05, 4.69) is 41.4 Å². The quantitative estimate of drug-likeness (QED) is 0.849. The van der Waals surface area contributed by atoms with Crippen LogP contribution in [0.15, 0.2) is 41.1 Å². The van der Waals surface area contributed by atoms with Crippen molar-refractivity contribution in [2.24, 2.45) is 0 Å². The van der Waals surface area contributed by atoms with Crippen molar-refractivity contribution in [3.8, 4) is 0 Å². The number of aromatic nitrogens is 2. The Morgan fingerprint density at radius 3 is 2.65 bits per heavy atom. The lowest BCUT2D eigenvalue weighted by molar-refractivity contribution is 0.760. The third kappa shape index (κ3) is 4.18. The lowest BCUT2D eigenvalue weighted by Gasteiger charge is -2.18. The zero-order valence-corrected chi connectivity index (χ0v) is 13.2. The summed E-state index contributed by atoms with van der Waals surface area (Å²) in [6, 6.07) is 9.91. The van der Waals surface area contributed by atoms with Crippen LogP contribution >= 0.6 is 15.9 Å². The fraction of sp³-hybridized carbons (Fsp3) is 0.286. The molecule has 0 fully saturated rings. The smallest absolute Gasteiger partial charge is 0.135 e. The molecule has 2 aromatic rings. The molecule has 6 heteroatoms. The number of anilines is 3. The first-order valence-electron chi connectivity index (χ1n) is 6.39. The molecular formula is C14H18BrN5. The predicted octanol–water partition coefficient (Wildman–Crippen LogP) is 2.64. The van der Waals surface area contributed by atoms with E-state index in [1.54, 1.807) is 6.33 Å². The monoisotopic (exact) mass is 335 g/mol. The van der Waals surface area contributed by atoms with Crippen LogP contribution in [0.4, 0.5) is 17.3 Å². The first-order valence-corrected chi connectivity index (χ1v) is 7.18. The molecule has 0 saturated carbocycles. The van der Waals surface area contributed by atoms with Gasteiger partial charge in [-0.25, -0.2) is 9.97 Å². The van der Waals surface area contributed by atoms with Crippen LogP contribution in [0.2, 0.25) is 0 Å². The van der Waals surface area contributed by atoms with Crippen molar-refractivity contribution in [2.45, 2.75) is 0 Å². The van der Waals surface area contributed by atoms with Gasteiger partial charge in [-0.05, 0) is 31.3 Å². The molecule has 0 saturated heterocycles. The van der Waals surface area contributed by atoms with Gasteiger partial charge in [0.1, 0.15) is 18.0 Å². The van der Waals surface area contributed by atoms with Gasteiger partial charge in [-0.2, -0.15) is 0 Å². The summed E-state index contributed by atoms with van der Waals surface area (Å²) in [6.45, 7) is 1.81. The van der Waals surface area contributed by atoms with Crippen molar-refractivity contribution in [1.82, 2.24) is 15.3 Å². The first kappa shape index (κ1) is 14.7. The van der Waals surface area contributed by atoms with E-state index >= 15 is 0 Å². The Morgan fingerprint density at radius 1 is 1.20 bits per heavy atom. The van der Waals surface area contributed by atoms with Crippen molar-refractivity contribution in [3.63, 3.8) is 0 Å². The van der Waals surface area contributed by atoms with Crippen molar-refractivity contribution in [1.29, 1.82) is 0 Å². The maximum atomic E-state index is 4.29. The molecule has 0 aliphatic rings. The number of likely N-dealkylation sites (N-methyl/N-ethyl adjacent to an activating group) is 2. The number of nitrogens with zero attached hydrogens (tertiary/aromatic N) is 3. The highest BCUT2D eigenvalue weighted by Crippen LogP contribution is 2.19. The zero-order chi connectivity index (χ0) is 14.4. The Bertz CT molecular complexity index is 544. The van der Waals surface area contributed by atoms with Crippen LogP contribution in [0, 0.1) is 0 Å². The van der Waals surface area contributed by atoms with Gasteiger partial charge in [0, 0.05) is 36.4 Å². The molecule has 0 bridgehead atoms. The second kappa shape index (κ2) is 7.21. The molecule has 106 valence electrons. The summed E-state index contributed by atoms with van der Waals surface area (Å²) in [6.07, 6.45) is 1.58. The minimum absolute atomic E-state index is 0.786. The lowest BCUT2D eigenvalue weighted by Crippen LogP contribution is -2.27. The van der Waals surface area contributed by atoms with Crippen LogP contribution in [0.3, 0.4) is 0 Å². The van der Waals surface area contributed by atoms with Crippen LogP contribution in [-0.2, 0) is 0 Å². The normalized spacial score (nSPS) is 10.3. The molecule has 5 nitrogen and oxygen atoms in total. The molecule has 1 aromatic heterocycles. The lowest BCUT2D eigenvalue weighted by atomic mass is 10.3. The second-order valence-corrected chi connectivity index (χ2v) is 5.33. The Hall–Kier alpha value is -1.66. The Balaban J connectivity index is 2.07. The number of nitrogens with one attached hydrogen (secondary N) is 2. The Morgan fingerprint density at radius 2 is 1.95 bits per heavy atom. The highest BCUT2D eigenvalue weighted by atomic mass is 79.9. The predicted molar refractivity (Wildman–Crippen MR) is 86.7 cm³/mol. The summed E-state index contributed by atoms with van der Waals surface area (Å²) < 4.78 is 1.05. The third-order valence-electron chi connectivity index (χ3n) is 2.86. The fourth-order valence-electron chi connectivity index (χ4n) is 1.70. The standard InChI is InChI=1S/C14H18BrN5/c1-16-7-8-20(2)14-9-13(17-10-18-14)19-12-5-3-11(15)4-6-12/h3-6,9-10,16H,7-8H2,1-2H3,(H,17,18,19). The molecule has 0 unspecified atom stereocenters. The van der Waals surface area contributed by atoms with Gasteiger partial charge in [-0.1, -0.05) is 15.9 Å². The molecule has 2 N–H and O–H groups in total. The van der Waals surface area contributed by atoms with Gasteiger partial charge in [0.05, 0.1) is 0 Å². The maximum Gasteiger partial charge on any atom is 0.135 e. The molecule has 1 heterocycles. The summed E-state index contributed by atoms with van der Waals surface area (Å²) in [5.74, 6) is 1.68. The Labute approximate surface area is 127 Å². The van der Waals surface area contributed by atoms with E-state index in [4.69, 9.17) is 0 Å². The fourth-order valence-corrected chi connectivity index (χ4v) is 1.96. The number of benzene rings is 1. The third-order valence-corrected chi connectivity index (χ3v) is 3.39. The second-order valence-electron chi connectivity index (χ2n) is 4.42. The van der Waals surface area contributed by atoms with Gasteiger partial charge in [-0.3, -0.25) is 0 Å². The van der Waals surface area contributed by atoms with Gasteiger partial charge < -0.3 is 15.5 Å². The van der Waals surface area contributed by atoms with Crippen molar-refractivity contribution in [3.05, 3.63) is 41.1 Å². The van der Waals surface area contributed by atoms with Gasteiger partial charge in [0.25, 0.3) is 0 Å². The van der Waals surface area contributed by atoms with E-state index in [9.17, 15) is 0 Å². The van der Waals surface area contributed by atoms with E-state index in [0.717, 1.165) is 34.9 Å². The summed E-state index contributed by atoms with van der Waals surface area (Å²) >= 11 is 3.42. The average Bonchev–Trinajstić information content (AvgIpc) is 2.47. The number of rotatable bonds is 6. The highest BCUT2D eigenvalue weighted by Gasteiger charge is 2.04. The number of hydrogen-bond donors (Lipinski definition) is 2. The van der Waals surface area contributed by atoms with E-state index in [1.165, 1.54) is 0 Å². The van der Waals surface area contributed by atoms with E-state index in [0.29, 0.717) is 0 Å². The van der Waals surface area contributed by atoms with E-state index in [-0.39, 0.29) is 0 Å². The summed E-state index contributed by atoms with van der Waals surface area (Å²) in [5.41, 5.74) is 0.996. The Kier molecular flexibility index (Phi) is 5.31. The van der Waals surface area contributed by atoms with Crippen LogP contribution in [-0.4, -0.2) is 37.2 Å². The molecule has 2 rings (SSSR count). The highest BCUT2D eigenvalue weighted by molar-refractivity contribution is 9.10. The molecule has 0 atom stereocenters. The molecule has 0 aliphatic heterocycles. The van der Waals surface area contributed by atoms with Crippen LogP contribution in [0.25, 0.3) is 0 Å². The SMILES string of the molecule is CNCCN(C)c1cc(Nc2ccc(Br)cc2)ncn1. The first-order chi connectivity index (χ1) is 9.69. The zero-order valence-electron chi connectivity index (χ0n) is 11.6. The average molecular weight is 336 g/mol. The maximum absolute atomic E-state index is 4.29. The van der Waals surface area contributed by atoms with Crippen molar-refractivity contribution >= 4 is 33.3 Å². The van der Waals surface area contributed by atoms with Gasteiger partial charge in [-0.15, -0.1) is 0 Å². The molecule has 0 radical (unpaired) electrons. The summed E-state index contributed by atoms with van der Waals surface area (Å²) in [7, 11) is 3.96. The van der Waals surface area contributed by atoms with Crippen LogP contribution < -0.4 is 15.5 Å². The molecule has 0 spiro atoms. The minimum Gasteiger partial charge on any atom is -0.358 e. The van der Waals surface area contributed by atoms with Gasteiger partial charge in [0.15, 0.2) is 0 Å². The van der Waals surface area contributed by atoms with E-state index < -0.39 is 0 Å². The van der Waals surface area contributed by atoms with Crippen LogP contribution in [0.1, 0.15) is 0 Å². The summed E-state index contributed by atoms with van der Waals surface area (Å²) in [4.78, 5) is 10.6. The number of halogens is 1. The largest absolute Gasteiger partial charge is 0.358 e. The molecule has 0 aliphatic carbocycles. The van der Waals surface area contributed by atoms with Gasteiger partial charge in [0.2, 0.25) is 0 Å². The molecular weight excluding hydrogens is 318 g/mol. The number of hydrogen-bond acceptors (Lipinski definition) is 5. The summed E-state index contributed by atoms with van der Waals surface area (Å²) in [5, 5.41) is 6.39.